The van der Waals surface area contributed by atoms with Crippen molar-refractivity contribution in [2.24, 2.45) is 0 Å². The smallest absolute Gasteiger partial charge is 0.229 e. The summed E-state index contributed by atoms with van der Waals surface area (Å²) in [4.78, 5) is 24.4. The lowest BCUT2D eigenvalue weighted by molar-refractivity contribution is -0.133. The highest BCUT2D eigenvalue weighted by Gasteiger charge is 2.29. The molecule has 1 aromatic heterocycles. The molecule has 0 bridgehead atoms. The van der Waals surface area contributed by atoms with E-state index in [0.717, 1.165) is 56.8 Å². The van der Waals surface area contributed by atoms with E-state index in [-0.39, 0.29) is 11.8 Å². The van der Waals surface area contributed by atoms with E-state index in [0.29, 0.717) is 5.92 Å². The maximum Gasteiger partial charge on any atom is 0.229 e. The molecule has 1 N–H and O–H groups in total. The number of nitrogens with zero attached hydrogens (tertiary/aromatic N) is 3. The summed E-state index contributed by atoms with van der Waals surface area (Å²) in [5, 5.41) is 3.36. The maximum atomic E-state index is 12.9. The molecule has 27 heavy (non-hydrogen) atoms. The van der Waals surface area contributed by atoms with Crippen LogP contribution in [0.3, 0.4) is 0 Å². The van der Waals surface area contributed by atoms with Crippen molar-refractivity contribution in [2.45, 2.75) is 51.5 Å². The molecule has 5 nitrogen and oxygen atoms in total. The molecule has 1 fully saturated rings. The lowest BCUT2D eigenvalue weighted by Crippen LogP contribution is -2.40. The first-order chi connectivity index (χ1) is 13.1. The Morgan fingerprint density at radius 1 is 1.22 bits per heavy atom. The Balaban J connectivity index is 1.38. The van der Waals surface area contributed by atoms with Crippen molar-refractivity contribution < 1.29 is 4.79 Å². The molecular weight excluding hydrogens is 336 g/mol. The summed E-state index contributed by atoms with van der Waals surface area (Å²) in [5.41, 5.74) is 4.74. The molecule has 3 heterocycles. The van der Waals surface area contributed by atoms with Crippen molar-refractivity contribution in [3.8, 4) is 0 Å². The predicted octanol–water partition coefficient (Wildman–Crippen LogP) is 2.94. The molecule has 1 amide bonds. The van der Waals surface area contributed by atoms with Gasteiger partial charge in [-0.25, -0.2) is 9.97 Å². The van der Waals surface area contributed by atoms with Crippen LogP contribution in [0.2, 0.25) is 0 Å². The third-order valence-corrected chi connectivity index (χ3v) is 5.95. The lowest BCUT2D eigenvalue weighted by atomic mass is 9.93. The van der Waals surface area contributed by atoms with Crippen LogP contribution in [0.4, 0.5) is 0 Å². The highest BCUT2D eigenvalue weighted by atomic mass is 16.2. The van der Waals surface area contributed by atoms with Crippen LogP contribution in [0.25, 0.3) is 0 Å². The second-order valence-electron chi connectivity index (χ2n) is 7.86. The molecule has 1 aromatic carbocycles. The number of rotatable bonds is 3. The fourth-order valence-electron chi connectivity index (χ4n) is 4.08. The summed E-state index contributed by atoms with van der Waals surface area (Å²) in [6, 6.07) is 8.30. The standard InChI is InChI=1S/C22H28N4O/c1-15-3-5-17(6-4-15)16(2)22(27)26-11-8-18(9-12-26)21-24-14-19-13-23-10-7-20(19)25-21/h3-6,14,16,18,23H,7-13H2,1-2H3/t16-/m1/s1. The molecule has 0 saturated carbocycles. The molecule has 5 heteroatoms. The number of piperidine rings is 1. The zero-order valence-electron chi connectivity index (χ0n) is 16.2. The van der Waals surface area contributed by atoms with Crippen LogP contribution in [0.5, 0.6) is 0 Å². The number of carbonyl (C=O) groups is 1. The minimum atomic E-state index is -0.0883. The van der Waals surface area contributed by atoms with Gasteiger partial charge >= 0.3 is 0 Å². The van der Waals surface area contributed by atoms with E-state index < -0.39 is 0 Å². The van der Waals surface area contributed by atoms with Gasteiger partial charge in [0.2, 0.25) is 5.91 Å². The number of likely N-dealkylation sites (tertiary alicyclic amines) is 1. The summed E-state index contributed by atoms with van der Waals surface area (Å²) in [7, 11) is 0. The van der Waals surface area contributed by atoms with Gasteiger partial charge in [-0.2, -0.15) is 0 Å². The SMILES string of the molecule is Cc1ccc([C@@H](C)C(=O)N2CCC(c3ncc4c(n3)CCNC4)CC2)cc1. The number of nitrogens with one attached hydrogen (secondary N) is 1. The predicted molar refractivity (Wildman–Crippen MR) is 106 cm³/mol. The number of carbonyl (C=O) groups excluding carboxylic acids is 1. The fraction of sp³-hybridized carbons (Fsp3) is 0.500. The number of aryl methyl sites for hydroxylation is 1. The normalized spacial score (nSPS) is 18.8. The van der Waals surface area contributed by atoms with Crippen molar-refractivity contribution in [3.63, 3.8) is 0 Å². The molecule has 2 aromatic rings. The van der Waals surface area contributed by atoms with Crippen LogP contribution in [-0.4, -0.2) is 40.4 Å². The van der Waals surface area contributed by atoms with Gasteiger partial charge in [0.05, 0.1) is 5.92 Å². The maximum absolute atomic E-state index is 12.9. The van der Waals surface area contributed by atoms with Gasteiger partial charge in [0, 0.05) is 56.0 Å². The Kier molecular flexibility index (Phi) is 5.21. The first kappa shape index (κ1) is 18.1. The average Bonchev–Trinajstić information content (AvgIpc) is 2.73. The molecule has 142 valence electrons. The second-order valence-corrected chi connectivity index (χ2v) is 7.86. The van der Waals surface area contributed by atoms with E-state index in [1.165, 1.54) is 16.8 Å². The highest BCUT2D eigenvalue weighted by Crippen LogP contribution is 2.28. The molecule has 4 rings (SSSR count). The van der Waals surface area contributed by atoms with Gasteiger partial charge in [-0.3, -0.25) is 4.79 Å². The van der Waals surface area contributed by atoms with Crippen LogP contribution < -0.4 is 5.32 Å². The van der Waals surface area contributed by atoms with Crippen LogP contribution in [0.1, 0.15) is 59.8 Å². The van der Waals surface area contributed by atoms with Crippen molar-refractivity contribution in [3.05, 3.63) is 58.7 Å². The van der Waals surface area contributed by atoms with Gasteiger partial charge < -0.3 is 10.2 Å². The third-order valence-electron chi connectivity index (χ3n) is 5.95. The molecule has 1 atom stereocenters. The van der Waals surface area contributed by atoms with Crippen molar-refractivity contribution in [2.75, 3.05) is 19.6 Å². The zero-order chi connectivity index (χ0) is 18.8. The van der Waals surface area contributed by atoms with Crippen molar-refractivity contribution in [1.29, 1.82) is 0 Å². The topological polar surface area (TPSA) is 58.1 Å². The molecule has 0 unspecified atom stereocenters. The Hall–Kier alpha value is -2.27. The van der Waals surface area contributed by atoms with E-state index in [1.54, 1.807) is 0 Å². The monoisotopic (exact) mass is 364 g/mol. The lowest BCUT2D eigenvalue weighted by Gasteiger charge is -2.33. The number of amides is 1. The second kappa shape index (κ2) is 7.77. The van der Waals surface area contributed by atoms with Gasteiger partial charge in [-0.05, 0) is 32.3 Å². The third kappa shape index (κ3) is 3.88. The van der Waals surface area contributed by atoms with E-state index in [9.17, 15) is 4.79 Å². The zero-order valence-corrected chi connectivity index (χ0v) is 16.2. The Labute approximate surface area is 161 Å². The Morgan fingerprint density at radius 2 is 1.96 bits per heavy atom. The minimum absolute atomic E-state index is 0.0883. The van der Waals surface area contributed by atoms with Crippen LogP contribution in [0, 0.1) is 6.92 Å². The van der Waals surface area contributed by atoms with Gasteiger partial charge in [0.25, 0.3) is 0 Å². The molecule has 0 aliphatic carbocycles. The summed E-state index contributed by atoms with van der Waals surface area (Å²) >= 11 is 0. The average molecular weight is 364 g/mol. The number of hydrogen-bond acceptors (Lipinski definition) is 4. The van der Waals surface area contributed by atoms with Gasteiger partial charge in [0.15, 0.2) is 0 Å². The number of aromatic nitrogens is 2. The van der Waals surface area contributed by atoms with Crippen LogP contribution >= 0.6 is 0 Å². The van der Waals surface area contributed by atoms with Gasteiger partial charge in [-0.1, -0.05) is 29.8 Å². The Bertz CT molecular complexity index is 810. The van der Waals surface area contributed by atoms with E-state index in [4.69, 9.17) is 4.98 Å². The number of hydrogen-bond donors (Lipinski definition) is 1. The van der Waals surface area contributed by atoms with Gasteiger partial charge in [-0.15, -0.1) is 0 Å². The summed E-state index contributed by atoms with van der Waals surface area (Å²) in [5.74, 6) is 1.47. The van der Waals surface area contributed by atoms with Crippen LogP contribution in [-0.2, 0) is 17.8 Å². The van der Waals surface area contributed by atoms with E-state index in [1.807, 2.05) is 18.0 Å². The number of benzene rings is 1. The molecular formula is C22H28N4O. The van der Waals surface area contributed by atoms with E-state index in [2.05, 4.69) is 41.5 Å². The summed E-state index contributed by atoms with van der Waals surface area (Å²) < 4.78 is 0. The molecule has 0 radical (unpaired) electrons. The van der Waals surface area contributed by atoms with Crippen molar-refractivity contribution >= 4 is 5.91 Å². The van der Waals surface area contributed by atoms with E-state index >= 15 is 0 Å². The first-order valence-corrected chi connectivity index (χ1v) is 10.0. The Morgan fingerprint density at radius 3 is 2.70 bits per heavy atom. The quantitative estimate of drug-likeness (QED) is 0.910. The fourth-order valence-corrected chi connectivity index (χ4v) is 4.08. The van der Waals surface area contributed by atoms with Crippen molar-refractivity contribution in [1.82, 2.24) is 20.2 Å². The first-order valence-electron chi connectivity index (χ1n) is 10.0. The number of fused-ring (bicyclic) bond motifs is 1. The molecule has 0 spiro atoms. The minimum Gasteiger partial charge on any atom is -0.342 e. The molecule has 2 aliphatic rings. The summed E-state index contributed by atoms with van der Waals surface area (Å²) in [6.07, 6.45) is 4.86. The van der Waals surface area contributed by atoms with Crippen LogP contribution in [0.15, 0.2) is 30.5 Å². The molecule has 1 saturated heterocycles. The molecule has 2 aliphatic heterocycles. The summed E-state index contributed by atoms with van der Waals surface area (Å²) in [6.45, 7) is 7.54. The highest BCUT2D eigenvalue weighted by molar-refractivity contribution is 5.83. The largest absolute Gasteiger partial charge is 0.342 e. The van der Waals surface area contributed by atoms with Gasteiger partial charge in [0.1, 0.15) is 5.82 Å².